The topological polar surface area (TPSA) is 66.6 Å². The van der Waals surface area contributed by atoms with Crippen LogP contribution in [0.15, 0.2) is 0 Å². The fourth-order valence-electron chi connectivity index (χ4n) is 2.27. The lowest BCUT2D eigenvalue weighted by molar-refractivity contribution is -0.136. The van der Waals surface area contributed by atoms with E-state index in [9.17, 15) is 9.90 Å². The molecule has 0 aromatic rings. The molecule has 86 valence electrons. The summed E-state index contributed by atoms with van der Waals surface area (Å²) in [6, 6.07) is 0.000949. The van der Waals surface area contributed by atoms with Gasteiger partial charge in [-0.25, -0.2) is 0 Å². The number of hydrogen-bond acceptors (Lipinski definition) is 3. The molecule has 4 nitrogen and oxygen atoms in total. The Morgan fingerprint density at radius 2 is 2.13 bits per heavy atom. The van der Waals surface area contributed by atoms with Crippen LogP contribution in [0.25, 0.3) is 0 Å². The van der Waals surface area contributed by atoms with Crippen LogP contribution in [0.5, 0.6) is 0 Å². The van der Waals surface area contributed by atoms with Crippen LogP contribution < -0.4 is 5.73 Å². The van der Waals surface area contributed by atoms with E-state index in [1.807, 2.05) is 4.90 Å². The highest BCUT2D eigenvalue weighted by Gasteiger charge is 2.49. The summed E-state index contributed by atoms with van der Waals surface area (Å²) < 4.78 is 0. The highest BCUT2D eigenvalue weighted by molar-refractivity contribution is 5.89. The van der Waals surface area contributed by atoms with Crippen LogP contribution in [0, 0.1) is 0 Å². The molecule has 1 atom stereocenters. The van der Waals surface area contributed by atoms with Crippen LogP contribution in [0.2, 0.25) is 0 Å². The van der Waals surface area contributed by atoms with Gasteiger partial charge < -0.3 is 15.7 Å². The average Bonchev–Trinajstić information content (AvgIpc) is 3.00. The first kappa shape index (κ1) is 10.9. The molecule has 1 amide bonds. The van der Waals surface area contributed by atoms with Crippen LogP contribution in [-0.4, -0.2) is 40.6 Å². The third-order valence-corrected chi connectivity index (χ3v) is 3.56. The van der Waals surface area contributed by atoms with Crippen molar-refractivity contribution >= 4 is 5.91 Å². The monoisotopic (exact) mass is 212 g/mol. The highest BCUT2D eigenvalue weighted by Crippen LogP contribution is 2.35. The third kappa shape index (κ3) is 2.16. The molecule has 1 aliphatic heterocycles. The van der Waals surface area contributed by atoms with Gasteiger partial charge in [-0.1, -0.05) is 12.8 Å². The highest BCUT2D eigenvalue weighted by atomic mass is 16.3. The summed E-state index contributed by atoms with van der Waals surface area (Å²) in [6.07, 6.45) is 5.82. The molecule has 1 unspecified atom stereocenters. The molecular weight excluding hydrogens is 192 g/mol. The van der Waals surface area contributed by atoms with Gasteiger partial charge in [0.25, 0.3) is 0 Å². The van der Waals surface area contributed by atoms with Gasteiger partial charge in [-0.15, -0.1) is 0 Å². The van der Waals surface area contributed by atoms with Crippen molar-refractivity contribution in [3.8, 4) is 0 Å². The number of hydrogen-bond donors (Lipinski definition) is 2. The molecule has 2 rings (SSSR count). The van der Waals surface area contributed by atoms with E-state index in [0.717, 1.165) is 45.1 Å². The molecule has 1 saturated heterocycles. The van der Waals surface area contributed by atoms with Gasteiger partial charge in [0.15, 0.2) is 0 Å². The quantitative estimate of drug-likeness (QED) is 0.689. The number of carbonyl (C=O) groups is 1. The Morgan fingerprint density at radius 1 is 1.40 bits per heavy atom. The smallest absolute Gasteiger partial charge is 0.242 e. The molecule has 0 radical (unpaired) electrons. The summed E-state index contributed by atoms with van der Waals surface area (Å²) in [5.41, 5.74) is 5.33. The lowest BCUT2D eigenvalue weighted by Crippen LogP contribution is -2.51. The molecule has 1 saturated carbocycles. The molecular formula is C11H20N2O2. The van der Waals surface area contributed by atoms with Crippen molar-refractivity contribution in [2.45, 2.75) is 50.1 Å². The minimum absolute atomic E-state index is 0.000949. The Hall–Kier alpha value is -0.610. The van der Waals surface area contributed by atoms with Crippen LogP contribution in [0.1, 0.15) is 38.5 Å². The Labute approximate surface area is 90.4 Å². The maximum Gasteiger partial charge on any atom is 0.242 e. The van der Waals surface area contributed by atoms with Crippen molar-refractivity contribution in [2.75, 3.05) is 13.2 Å². The molecule has 0 spiro atoms. The van der Waals surface area contributed by atoms with Gasteiger partial charge in [-0.3, -0.25) is 4.79 Å². The largest absolute Gasteiger partial charge is 0.394 e. The predicted molar refractivity (Wildman–Crippen MR) is 57.2 cm³/mol. The van der Waals surface area contributed by atoms with Crippen molar-refractivity contribution in [3.63, 3.8) is 0 Å². The number of nitrogens with zero attached hydrogens (tertiary/aromatic N) is 1. The number of aliphatic hydroxyl groups excluding tert-OH is 1. The number of aliphatic hydroxyl groups is 1. The van der Waals surface area contributed by atoms with E-state index >= 15 is 0 Å². The second-order valence-corrected chi connectivity index (χ2v) is 4.84. The molecule has 15 heavy (non-hydrogen) atoms. The van der Waals surface area contributed by atoms with E-state index in [1.54, 1.807) is 0 Å². The zero-order valence-electron chi connectivity index (χ0n) is 9.11. The minimum Gasteiger partial charge on any atom is -0.394 e. The van der Waals surface area contributed by atoms with Crippen LogP contribution in [0.3, 0.4) is 0 Å². The molecule has 4 heteroatoms. The second-order valence-electron chi connectivity index (χ2n) is 4.84. The van der Waals surface area contributed by atoms with Gasteiger partial charge in [0.05, 0.1) is 18.2 Å². The van der Waals surface area contributed by atoms with Gasteiger partial charge >= 0.3 is 0 Å². The molecule has 1 aliphatic carbocycles. The molecule has 3 N–H and O–H groups in total. The van der Waals surface area contributed by atoms with Crippen molar-refractivity contribution in [2.24, 2.45) is 5.73 Å². The maximum atomic E-state index is 12.1. The summed E-state index contributed by atoms with van der Waals surface area (Å²) in [5, 5.41) is 9.29. The summed E-state index contributed by atoms with van der Waals surface area (Å²) in [7, 11) is 0. The van der Waals surface area contributed by atoms with Crippen LogP contribution >= 0.6 is 0 Å². The van der Waals surface area contributed by atoms with E-state index in [4.69, 9.17) is 5.73 Å². The van der Waals surface area contributed by atoms with Gasteiger partial charge in [0.1, 0.15) is 0 Å². The van der Waals surface area contributed by atoms with Crippen LogP contribution in [0.4, 0.5) is 0 Å². The minimum atomic E-state index is -0.586. The van der Waals surface area contributed by atoms with E-state index in [-0.39, 0.29) is 18.6 Å². The van der Waals surface area contributed by atoms with E-state index < -0.39 is 5.54 Å². The molecule has 2 fully saturated rings. The lowest BCUT2D eigenvalue weighted by atomic mass is 10.1. The predicted octanol–water partition coefficient (Wildman–Crippen LogP) is 0.241. The summed E-state index contributed by atoms with van der Waals surface area (Å²) >= 11 is 0. The lowest BCUT2D eigenvalue weighted by Gasteiger charge is -2.31. The first-order chi connectivity index (χ1) is 7.17. The first-order valence-electron chi connectivity index (χ1n) is 5.88. The fraction of sp³-hybridized carbons (Fsp3) is 0.909. The molecule has 0 aromatic heterocycles. The van der Waals surface area contributed by atoms with Gasteiger partial charge in [0.2, 0.25) is 5.91 Å². The van der Waals surface area contributed by atoms with Crippen molar-refractivity contribution < 1.29 is 9.90 Å². The standard InChI is InChI=1S/C11H20N2O2/c12-11(5-6-11)10(15)13-7-3-1-2-4-9(13)8-14/h9,14H,1-8,12H2. The Bertz CT molecular complexity index is 251. The van der Waals surface area contributed by atoms with E-state index in [1.165, 1.54) is 0 Å². The summed E-state index contributed by atoms with van der Waals surface area (Å²) in [6.45, 7) is 0.838. The van der Waals surface area contributed by atoms with Crippen LogP contribution in [-0.2, 0) is 4.79 Å². The van der Waals surface area contributed by atoms with E-state index in [2.05, 4.69) is 0 Å². The Kier molecular flexibility index (Phi) is 2.98. The van der Waals surface area contributed by atoms with Gasteiger partial charge in [-0.05, 0) is 25.7 Å². The molecule has 2 aliphatic rings. The Morgan fingerprint density at radius 3 is 2.73 bits per heavy atom. The second kappa shape index (κ2) is 4.10. The number of amides is 1. The Balaban J connectivity index is 2.05. The maximum absolute atomic E-state index is 12.1. The number of nitrogens with two attached hydrogens (primary N) is 1. The number of likely N-dealkylation sites (tertiary alicyclic amines) is 1. The SMILES string of the molecule is NC1(C(=O)N2CCCCCC2CO)CC1. The number of rotatable bonds is 2. The van der Waals surface area contributed by atoms with Gasteiger partial charge in [-0.2, -0.15) is 0 Å². The first-order valence-corrected chi connectivity index (χ1v) is 5.88. The third-order valence-electron chi connectivity index (χ3n) is 3.56. The normalized spacial score (nSPS) is 29.7. The zero-order valence-corrected chi connectivity index (χ0v) is 9.11. The fourth-order valence-corrected chi connectivity index (χ4v) is 2.27. The van der Waals surface area contributed by atoms with Crippen molar-refractivity contribution in [3.05, 3.63) is 0 Å². The number of carbonyl (C=O) groups excluding carboxylic acids is 1. The molecule has 1 heterocycles. The molecule has 0 bridgehead atoms. The summed E-state index contributed by atoms with van der Waals surface area (Å²) in [4.78, 5) is 13.9. The van der Waals surface area contributed by atoms with Crippen molar-refractivity contribution in [1.82, 2.24) is 4.90 Å². The van der Waals surface area contributed by atoms with Crippen molar-refractivity contribution in [1.29, 1.82) is 0 Å². The molecule has 0 aromatic carbocycles. The van der Waals surface area contributed by atoms with E-state index in [0.29, 0.717) is 0 Å². The summed E-state index contributed by atoms with van der Waals surface area (Å²) in [5.74, 6) is 0.0588. The average molecular weight is 212 g/mol. The van der Waals surface area contributed by atoms with Gasteiger partial charge in [0, 0.05) is 6.54 Å². The zero-order chi connectivity index (χ0) is 10.9.